The highest BCUT2D eigenvalue weighted by Gasteiger charge is 2.35. The van der Waals surface area contributed by atoms with Crippen LogP contribution in [-0.2, 0) is 4.79 Å². The average molecular weight is 290 g/mol. The summed E-state index contributed by atoms with van der Waals surface area (Å²) in [5, 5.41) is 12.0. The number of likely N-dealkylation sites (tertiary alicyclic amines) is 1. The van der Waals surface area contributed by atoms with E-state index in [0.717, 1.165) is 19.3 Å². The van der Waals surface area contributed by atoms with Gasteiger partial charge in [-0.05, 0) is 31.7 Å². The average Bonchev–Trinajstić information content (AvgIpc) is 2.86. The second-order valence-electron chi connectivity index (χ2n) is 5.53. The van der Waals surface area contributed by atoms with E-state index in [9.17, 15) is 14.7 Å². The van der Waals surface area contributed by atoms with Crippen molar-refractivity contribution in [3.8, 4) is 0 Å². The first kappa shape index (κ1) is 15.4. The maximum Gasteiger partial charge on any atom is 0.330 e. The van der Waals surface area contributed by atoms with E-state index in [-0.39, 0.29) is 18.1 Å². The van der Waals surface area contributed by atoms with E-state index in [2.05, 4.69) is 12.2 Å². The van der Waals surface area contributed by atoms with Crippen LogP contribution in [-0.4, -0.2) is 34.1 Å². The normalized spacial score (nSPS) is 22.9. The number of carbonyl (C=O) groups excluding carboxylic acids is 1. The molecule has 114 valence electrons. The van der Waals surface area contributed by atoms with Gasteiger partial charge in [0.2, 0.25) is 0 Å². The van der Waals surface area contributed by atoms with Crippen LogP contribution in [0.4, 0.5) is 4.79 Å². The minimum absolute atomic E-state index is 0.153. The van der Waals surface area contributed by atoms with Crippen LogP contribution in [0.5, 0.6) is 0 Å². The van der Waals surface area contributed by atoms with Gasteiger partial charge in [-0.1, -0.05) is 37.3 Å². The summed E-state index contributed by atoms with van der Waals surface area (Å²) < 4.78 is 0. The maximum atomic E-state index is 12.5. The number of hydrogen-bond donors (Lipinski definition) is 2. The van der Waals surface area contributed by atoms with E-state index in [1.54, 1.807) is 29.2 Å². The second kappa shape index (κ2) is 6.61. The summed E-state index contributed by atoms with van der Waals surface area (Å²) >= 11 is 0. The number of carbonyl (C=O) groups is 2. The van der Waals surface area contributed by atoms with Gasteiger partial charge in [0.15, 0.2) is 6.04 Å². The first-order valence-corrected chi connectivity index (χ1v) is 7.41. The van der Waals surface area contributed by atoms with Crippen molar-refractivity contribution in [3.63, 3.8) is 0 Å². The molecular formula is C16H22N2O3. The Morgan fingerprint density at radius 1 is 1.33 bits per heavy atom. The van der Waals surface area contributed by atoms with Gasteiger partial charge in [0.1, 0.15) is 0 Å². The third kappa shape index (κ3) is 3.35. The molecule has 0 spiro atoms. The molecule has 0 radical (unpaired) electrons. The topological polar surface area (TPSA) is 69.6 Å². The molecule has 0 aliphatic carbocycles. The predicted octanol–water partition coefficient (Wildman–Crippen LogP) is 2.78. The third-order valence-electron chi connectivity index (χ3n) is 4.14. The number of nitrogens with one attached hydrogen (secondary N) is 1. The van der Waals surface area contributed by atoms with Gasteiger partial charge in [-0.25, -0.2) is 9.59 Å². The summed E-state index contributed by atoms with van der Waals surface area (Å²) in [4.78, 5) is 25.7. The molecule has 0 aromatic heterocycles. The molecule has 1 heterocycles. The van der Waals surface area contributed by atoms with Crippen LogP contribution in [0.15, 0.2) is 30.3 Å². The quantitative estimate of drug-likeness (QED) is 0.896. The molecule has 1 aromatic carbocycles. The van der Waals surface area contributed by atoms with Crippen LogP contribution in [0.25, 0.3) is 0 Å². The molecule has 5 heteroatoms. The molecule has 2 N–H and O–H groups in total. The Hall–Kier alpha value is -2.04. The second-order valence-corrected chi connectivity index (χ2v) is 5.53. The van der Waals surface area contributed by atoms with Crippen LogP contribution in [0, 0.1) is 0 Å². The number of rotatable bonds is 4. The van der Waals surface area contributed by atoms with Crippen molar-refractivity contribution >= 4 is 12.0 Å². The monoisotopic (exact) mass is 290 g/mol. The molecule has 1 aromatic rings. The fourth-order valence-electron chi connectivity index (χ4n) is 2.97. The van der Waals surface area contributed by atoms with Crippen molar-refractivity contribution in [2.45, 2.75) is 51.2 Å². The van der Waals surface area contributed by atoms with E-state index in [0.29, 0.717) is 5.56 Å². The zero-order chi connectivity index (χ0) is 15.4. The molecule has 0 saturated carbocycles. The maximum absolute atomic E-state index is 12.5. The van der Waals surface area contributed by atoms with Crippen molar-refractivity contribution in [2.24, 2.45) is 0 Å². The Bertz CT molecular complexity index is 504. The molecule has 1 saturated heterocycles. The highest BCUT2D eigenvalue weighted by Crippen LogP contribution is 2.26. The third-order valence-corrected chi connectivity index (χ3v) is 4.14. The fourth-order valence-corrected chi connectivity index (χ4v) is 2.97. The van der Waals surface area contributed by atoms with Crippen molar-refractivity contribution in [1.29, 1.82) is 0 Å². The van der Waals surface area contributed by atoms with E-state index < -0.39 is 12.0 Å². The lowest BCUT2D eigenvalue weighted by atomic mass is 10.1. The SMILES string of the molecule is CCC1CCC(C)N1C(=O)NC(C(=O)O)c1ccccc1. The van der Waals surface area contributed by atoms with Crippen molar-refractivity contribution in [3.05, 3.63) is 35.9 Å². The number of carboxylic acids is 1. The van der Waals surface area contributed by atoms with Crippen molar-refractivity contribution in [1.82, 2.24) is 10.2 Å². The lowest BCUT2D eigenvalue weighted by Crippen LogP contribution is -2.48. The molecular weight excluding hydrogens is 268 g/mol. The summed E-state index contributed by atoms with van der Waals surface area (Å²) in [7, 11) is 0. The summed E-state index contributed by atoms with van der Waals surface area (Å²) in [6.45, 7) is 4.06. The van der Waals surface area contributed by atoms with Crippen LogP contribution < -0.4 is 5.32 Å². The van der Waals surface area contributed by atoms with E-state index in [1.807, 2.05) is 13.0 Å². The molecule has 5 nitrogen and oxygen atoms in total. The molecule has 1 fully saturated rings. The summed E-state index contributed by atoms with van der Waals surface area (Å²) in [5.74, 6) is -1.05. The van der Waals surface area contributed by atoms with Crippen LogP contribution in [0.1, 0.15) is 44.7 Å². The van der Waals surface area contributed by atoms with Crippen molar-refractivity contribution < 1.29 is 14.7 Å². The highest BCUT2D eigenvalue weighted by atomic mass is 16.4. The molecule has 2 amide bonds. The fraction of sp³-hybridized carbons (Fsp3) is 0.500. The van der Waals surface area contributed by atoms with Crippen LogP contribution in [0.2, 0.25) is 0 Å². The van der Waals surface area contributed by atoms with Crippen LogP contribution in [0.3, 0.4) is 0 Å². The number of nitrogens with zero attached hydrogens (tertiary/aromatic N) is 1. The Morgan fingerprint density at radius 3 is 2.57 bits per heavy atom. The lowest BCUT2D eigenvalue weighted by Gasteiger charge is -2.29. The molecule has 3 atom stereocenters. The van der Waals surface area contributed by atoms with Crippen molar-refractivity contribution in [2.75, 3.05) is 0 Å². The van der Waals surface area contributed by atoms with Gasteiger partial charge in [-0.3, -0.25) is 0 Å². The molecule has 2 rings (SSSR count). The largest absolute Gasteiger partial charge is 0.479 e. The minimum atomic E-state index is -1.05. The minimum Gasteiger partial charge on any atom is -0.479 e. The molecule has 1 aliphatic heterocycles. The van der Waals surface area contributed by atoms with Gasteiger partial charge < -0.3 is 15.3 Å². The molecule has 0 bridgehead atoms. The van der Waals surface area contributed by atoms with Gasteiger partial charge in [0.25, 0.3) is 0 Å². The summed E-state index contributed by atoms with van der Waals surface area (Å²) in [6.07, 6.45) is 2.84. The van der Waals surface area contributed by atoms with E-state index in [4.69, 9.17) is 0 Å². The number of carboxylic acid groups (broad SMARTS) is 1. The first-order chi connectivity index (χ1) is 10.0. The van der Waals surface area contributed by atoms with Gasteiger partial charge in [0.05, 0.1) is 0 Å². The lowest BCUT2D eigenvalue weighted by molar-refractivity contribution is -0.139. The number of aliphatic carboxylic acids is 1. The van der Waals surface area contributed by atoms with Gasteiger partial charge in [0, 0.05) is 12.1 Å². The highest BCUT2D eigenvalue weighted by molar-refractivity contribution is 5.84. The standard InChI is InChI=1S/C16H22N2O3/c1-3-13-10-9-11(2)18(13)16(21)17-14(15(19)20)12-7-5-4-6-8-12/h4-8,11,13-14H,3,9-10H2,1-2H3,(H,17,21)(H,19,20). The zero-order valence-corrected chi connectivity index (χ0v) is 12.5. The number of hydrogen-bond acceptors (Lipinski definition) is 2. The summed E-state index contributed by atoms with van der Waals surface area (Å²) in [5.41, 5.74) is 0.582. The molecule has 1 aliphatic rings. The van der Waals surface area contributed by atoms with Gasteiger partial charge in [-0.15, -0.1) is 0 Å². The van der Waals surface area contributed by atoms with Gasteiger partial charge >= 0.3 is 12.0 Å². The number of urea groups is 1. The predicted molar refractivity (Wildman–Crippen MR) is 80.0 cm³/mol. The van der Waals surface area contributed by atoms with E-state index in [1.165, 1.54) is 0 Å². The molecule has 3 unspecified atom stereocenters. The Labute approximate surface area is 125 Å². The van der Waals surface area contributed by atoms with Crippen LogP contribution >= 0.6 is 0 Å². The first-order valence-electron chi connectivity index (χ1n) is 7.41. The summed E-state index contributed by atoms with van der Waals surface area (Å²) in [6, 6.07) is 7.83. The Morgan fingerprint density at radius 2 is 2.00 bits per heavy atom. The Balaban J connectivity index is 2.14. The zero-order valence-electron chi connectivity index (χ0n) is 12.5. The number of amides is 2. The molecule has 21 heavy (non-hydrogen) atoms. The smallest absolute Gasteiger partial charge is 0.330 e. The number of benzene rings is 1. The Kier molecular flexibility index (Phi) is 4.83. The van der Waals surface area contributed by atoms with Gasteiger partial charge in [-0.2, -0.15) is 0 Å². The van der Waals surface area contributed by atoms with E-state index >= 15 is 0 Å².